The minimum absolute atomic E-state index is 0.0462. The van der Waals surface area contributed by atoms with Crippen LogP contribution in [0.1, 0.15) is 42.5 Å². The monoisotopic (exact) mass is 325 g/mol. The topological polar surface area (TPSA) is 83.4 Å². The molecular weight excluding hydrogens is 306 g/mol. The number of likely N-dealkylation sites (tertiary alicyclic amines) is 1. The summed E-state index contributed by atoms with van der Waals surface area (Å²) < 4.78 is 0. The molecule has 2 aromatic rings. The van der Waals surface area contributed by atoms with Crippen LogP contribution in [0.3, 0.4) is 0 Å². The third-order valence-electron chi connectivity index (χ3n) is 5.32. The Balaban J connectivity index is 1.70. The van der Waals surface area contributed by atoms with Crippen LogP contribution in [0.5, 0.6) is 0 Å². The standard InChI is InChI=1S/C18H19N3O3/c22-17(12-5-6-13-14(9-12)20-8-7-19-13)21-15-4-2-1-3-11(15)10-16(21)18(23)24/h5-9,11,15-16H,1-4,10H2,(H,23,24). The number of nitrogens with zero attached hydrogens (tertiary/aromatic N) is 3. The van der Waals surface area contributed by atoms with E-state index in [-0.39, 0.29) is 11.9 Å². The van der Waals surface area contributed by atoms with Crippen LogP contribution in [0.25, 0.3) is 11.0 Å². The Morgan fingerprint density at radius 1 is 1.08 bits per heavy atom. The second kappa shape index (κ2) is 5.85. The van der Waals surface area contributed by atoms with Crippen molar-refractivity contribution in [1.82, 2.24) is 14.9 Å². The van der Waals surface area contributed by atoms with E-state index in [9.17, 15) is 14.7 Å². The predicted molar refractivity (Wildman–Crippen MR) is 87.5 cm³/mol. The molecule has 2 aliphatic rings. The Labute approximate surface area is 139 Å². The average Bonchev–Trinajstić information content (AvgIpc) is 3.00. The zero-order chi connectivity index (χ0) is 16.7. The summed E-state index contributed by atoms with van der Waals surface area (Å²) in [6, 6.07) is 4.52. The molecule has 1 aliphatic carbocycles. The Kier molecular flexibility index (Phi) is 3.67. The van der Waals surface area contributed by atoms with Crippen molar-refractivity contribution in [3.05, 3.63) is 36.2 Å². The van der Waals surface area contributed by atoms with Gasteiger partial charge in [-0.3, -0.25) is 14.8 Å². The van der Waals surface area contributed by atoms with Gasteiger partial charge < -0.3 is 10.0 Å². The van der Waals surface area contributed by atoms with Gasteiger partial charge in [0.25, 0.3) is 5.91 Å². The van der Waals surface area contributed by atoms with Gasteiger partial charge in [-0.2, -0.15) is 0 Å². The first kappa shape index (κ1) is 15.1. The number of carboxylic acids is 1. The highest BCUT2D eigenvalue weighted by atomic mass is 16.4. The number of carbonyl (C=O) groups excluding carboxylic acids is 1. The van der Waals surface area contributed by atoms with Gasteiger partial charge in [0.15, 0.2) is 0 Å². The number of amides is 1. The Bertz CT molecular complexity index is 807. The summed E-state index contributed by atoms with van der Waals surface area (Å²) in [5.41, 5.74) is 1.86. The van der Waals surface area contributed by atoms with E-state index in [0.29, 0.717) is 23.4 Å². The molecule has 1 saturated carbocycles. The van der Waals surface area contributed by atoms with Crippen molar-refractivity contribution in [2.45, 2.75) is 44.2 Å². The fourth-order valence-corrected chi connectivity index (χ4v) is 4.22. The van der Waals surface area contributed by atoms with E-state index in [0.717, 1.165) is 31.2 Å². The summed E-state index contributed by atoms with van der Waals surface area (Å²) in [5.74, 6) is -0.799. The average molecular weight is 325 g/mol. The Morgan fingerprint density at radius 3 is 2.62 bits per heavy atom. The molecule has 0 bridgehead atoms. The van der Waals surface area contributed by atoms with Crippen molar-refractivity contribution in [3.8, 4) is 0 Å². The number of rotatable bonds is 2. The molecule has 3 unspecified atom stereocenters. The molecular formula is C18H19N3O3. The van der Waals surface area contributed by atoms with Crippen molar-refractivity contribution in [1.29, 1.82) is 0 Å². The van der Waals surface area contributed by atoms with E-state index in [1.165, 1.54) is 0 Å². The predicted octanol–water partition coefficient (Wildman–Crippen LogP) is 2.49. The lowest BCUT2D eigenvalue weighted by atomic mass is 9.84. The third kappa shape index (κ3) is 2.42. The number of aliphatic carboxylic acids is 1. The molecule has 4 rings (SSSR count). The molecule has 1 saturated heterocycles. The normalized spacial score (nSPS) is 26.3. The van der Waals surface area contributed by atoms with Gasteiger partial charge in [0, 0.05) is 24.0 Å². The van der Waals surface area contributed by atoms with Crippen molar-refractivity contribution >= 4 is 22.9 Å². The molecule has 1 aromatic carbocycles. The maximum atomic E-state index is 13.1. The van der Waals surface area contributed by atoms with E-state index in [4.69, 9.17) is 0 Å². The van der Waals surface area contributed by atoms with Crippen LogP contribution in [0.2, 0.25) is 0 Å². The van der Waals surface area contributed by atoms with Crippen molar-refractivity contribution in [2.24, 2.45) is 5.92 Å². The summed E-state index contributed by atoms with van der Waals surface area (Å²) >= 11 is 0. The fraction of sp³-hybridized carbons (Fsp3) is 0.444. The number of hydrogen-bond donors (Lipinski definition) is 1. The van der Waals surface area contributed by atoms with Gasteiger partial charge in [-0.05, 0) is 43.4 Å². The van der Waals surface area contributed by atoms with Crippen LogP contribution in [-0.4, -0.2) is 43.9 Å². The largest absolute Gasteiger partial charge is 0.480 e. The van der Waals surface area contributed by atoms with Crippen LogP contribution in [0, 0.1) is 5.92 Å². The molecule has 3 atom stereocenters. The van der Waals surface area contributed by atoms with Gasteiger partial charge in [-0.25, -0.2) is 4.79 Å². The molecule has 0 spiro atoms. The number of benzene rings is 1. The lowest BCUT2D eigenvalue weighted by Gasteiger charge is -2.33. The van der Waals surface area contributed by atoms with E-state index in [1.54, 1.807) is 35.5 Å². The molecule has 2 heterocycles. The molecule has 2 fully saturated rings. The van der Waals surface area contributed by atoms with E-state index in [2.05, 4.69) is 9.97 Å². The van der Waals surface area contributed by atoms with Gasteiger partial charge in [0.1, 0.15) is 6.04 Å². The number of hydrogen-bond acceptors (Lipinski definition) is 4. The first-order valence-corrected chi connectivity index (χ1v) is 8.41. The van der Waals surface area contributed by atoms with Crippen molar-refractivity contribution in [2.75, 3.05) is 0 Å². The maximum absolute atomic E-state index is 13.1. The van der Waals surface area contributed by atoms with Gasteiger partial charge in [-0.15, -0.1) is 0 Å². The molecule has 124 valence electrons. The van der Waals surface area contributed by atoms with Gasteiger partial charge in [0.05, 0.1) is 11.0 Å². The SMILES string of the molecule is O=C(O)C1CC2CCCCC2N1C(=O)c1ccc2nccnc2c1. The van der Waals surface area contributed by atoms with Crippen molar-refractivity contribution in [3.63, 3.8) is 0 Å². The summed E-state index contributed by atoms with van der Waals surface area (Å²) in [6.07, 6.45) is 7.86. The lowest BCUT2D eigenvalue weighted by Crippen LogP contribution is -2.46. The highest BCUT2D eigenvalue weighted by Crippen LogP contribution is 2.40. The first-order valence-electron chi connectivity index (χ1n) is 8.41. The maximum Gasteiger partial charge on any atom is 0.326 e. The smallest absolute Gasteiger partial charge is 0.326 e. The van der Waals surface area contributed by atoms with Crippen LogP contribution < -0.4 is 0 Å². The second-order valence-electron chi connectivity index (χ2n) is 6.67. The van der Waals surface area contributed by atoms with Gasteiger partial charge in [-0.1, -0.05) is 12.8 Å². The molecule has 1 amide bonds. The summed E-state index contributed by atoms with van der Waals surface area (Å²) in [4.78, 5) is 34.8. The lowest BCUT2D eigenvalue weighted by molar-refractivity contribution is -0.141. The molecule has 1 aromatic heterocycles. The molecule has 6 heteroatoms. The number of fused-ring (bicyclic) bond motifs is 2. The summed E-state index contributed by atoms with van der Waals surface area (Å²) in [7, 11) is 0. The Hall–Kier alpha value is -2.50. The van der Waals surface area contributed by atoms with Crippen molar-refractivity contribution < 1.29 is 14.7 Å². The number of carboxylic acid groups (broad SMARTS) is 1. The highest BCUT2D eigenvalue weighted by molar-refractivity contribution is 5.99. The van der Waals surface area contributed by atoms with Crippen LogP contribution in [-0.2, 0) is 4.79 Å². The zero-order valence-electron chi connectivity index (χ0n) is 13.3. The van der Waals surface area contributed by atoms with Crippen LogP contribution in [0.15, 0.2) is 30.6 Å². The molecule has 1 N–H and O–H groups in total. The first-order chi connectivity index (χ1) is 11.6. The van der Waals surface area contributed by atoms with Crippen LogP contribution in [0.4, 0.5) is 0 Å². The minimum atomic E-state index is -0.904. The summed E-state index contributed by atoms with van der Waals surface area (Å²) in [5, 5.41) is 9.58. The third-order valence-corrected chi connectivity index (χ3v) is 5.32. The molecule has 24 heavy (non-hydrogen) atoms. The molecule has 6 nitrogen and oxygen atoms in total. The second-order valence-corrected chi connectivity index (χ2v) is 6.67. The zero-order valence-corrected chi connectivity index (χ0v) is 13.3. The van der Waals surface area contributed by atoms with E-state index >= 15 is 0 Å². The number of aromatic nitrogens is 2. The minimum Gasteiger partial charge on any atom is -0.480 e. The van der Waals surface area contributed by atoms with E-state index in [1.807, 2.05) is 0 Å². The summed E-state index contributed by atoms with van der Waals surface area (Å²) in [6.45, 7) is 0. The van der Waals surface area contributed by atoms with E-state index < -0.39 is 12.0 Å². The van der Waals surface area contributed by atoms with Gasteiger partial charge >= 0.3 is 5.97 Å². The fourth-order valence-electron chi connectivity index (χ4n) is 4.22. The number of carbonyl (C=O) groups is 2. The quantitative estimate of drug-likeness (QED) is 0.917. The van der Waals surface area contributed by atoms with Crippen LogP contribution >= 0.6 is 0 Å². The Morgan fingerprint density at radius 2 is 1.83 bits per heavy atom. The molecule has 0 radical (unpaired) electrons. The molecule has 1 aliphatic heterocycles. The van der Waals surface area contributed by atoms with Gasteiger partial charge in [0.2, 0.25) is 0 Å². The highest BCUT2D eigenvalue weighted by Gasteiger charge is 2.47.